The zero-order valence-corrected chi connectivity index (χ0v) is 11.4. The monoisotopic (exact) mass is 257 g/mol. The van der Waals surface area contributed by atoms with Crippen LogP contribution in [0.5, 0.6) is 0 Å². The summed E-state index contributed by atoms with van der Waals surface area (Å²) in [6.45, 7) is 3.30. The molecule has 1 heterocycles. The maximum atomic E-state index is 6.21. The van der Waals surface area contributed by atoms with Crippen LogP contribution in [-0.4, -0.2) is 6.54 Å². The summed E-state index contributed by atoms with van der Waals surface area (Å²) >= 11 is 8.00. The predicted octanol–water partition coefficient (Wildman–Crippen LogP) is 4.63. The summed E-state index contributed by atoms with van der Waals surface area (Å²) in [6, 6.07) is 2.49. The fraction of sp³-hybridized carbons (Fsp3) is 0.692. The van der Waals surface area contributed by atoms with Gasteiger partial charge in [0.25, 0.3) is 0 Å². The lowest BCUT2D eigenvalue weighted by Gasteiger charge is -2.17. The van der Waals surface area contributed by atoms with Gasteiger partial charge >= 0.3 is 0 Å². The molecule has 1 N–H and O–H groups in total. The molecule has 90 valence electrons. The first-order valence-electron chi connectivity index (χ1n) is 6.27. The molecule has 1 nitrogen and oxygen atoms in total. The second-order valence-corrected chi connectivity index (χ2v) is 6.02. The van der Waals surface area contributed by atoms with Gasteiger partial charge in [0.2, 0.25) is 0 Å². The molecule has 1 aliphatic carbocycles. The molecule has 0 spiro atoms. The Morgan fingerprint density at radius 2 is 2.38 bits per heavy atom. The van der Waals surface area contributed by atoms with E-state index in [-0.39, 0.29) is 0 Å². The summed E-state index contributed by atoms with van der Waals surface area (Å²) in [6.07, 6.45) is 6.67. The first-order chi connectivity index (χ1) is 7.81. The van der Waals surface area contributed by atoms with Crippen molar-refractivity contribution in [1.82, 2.24) is 5.32 Å². The molecule has 1 aliphatic rings. The van der Waals surface area contributed by atoms with Gasteiger partial charge in [0.15, 0.2) is 0 Å². The standard InChI is InChI=1S/C13H20ClNS/c1-2-8-15-12(6-5-10-3-4-10)13-11(14)7-9-16-13/h7,9-10,12,15H,2-6,8H2,1H3. The third kappa shape index (κ3) is 3.47. The smallest absolute Gasteiger partial charge is 0.0561 e. The van der Waals surface area contributed by atoms with E-state index in [1.54, 1.807) is 11.3 Å². The van der Waals surface area contributed by atoms with Crippen LogP contribution in [0, 0.1) is 5.92 Å². The molecule has 0 saturated heterocycles. The van der Waals surface area contributed by atoms with Gasteiger partial charge in [-0.25, -0.2) is 0 Å². The number of nitrogens with one attached hydrogen (secondary N) is 1. The van der Waals surface area contributed by atoms with Crippen molar-refractivity contribution in [2.24, 2.45) is 5.92 Å². The number of hydrogen-bond acceptors (Lipinski definition) is 2. The van der Waals surface area contributed by atoms with Crippen molar-refractivity contribution in [1.29, 1.82) is 0 Å². The number of halogens is 1. The van der Waals surface area contributed by atoms with Crippen LogP contribution in [0.2, 0.25) is 5.02 Å². The highest BCUT2D eigenvalue weighted by Crippen LogP contribution is 2.38. The molecule has 0 aromatic carbocycles. The Kier molecular flexibility index (Phi) is 4.68. The first kappa shape index (κ1) is 12.4. The molecule has 2 rings (SSSR count). The molecule has 0 bridgehead atoms. The Hall–Kier alpha value is -0.0500. The molecule has 1 saturated carbocycles. The van der Waals surface area contributed by atoms with Crippen LogP contribution < -0.4 is 5.32 Å². The molecule has 1 fully saturated rings. The van der Waals surface area contributed by atoms with Crippen molar-refractivity contribution in [3.8, 4) is 0 Å². The molecule has 1 unspecified atom stereocenters. The average Bonchev–Trinajstić information content (AvgIpc) is 3.02. The Morgan fingerprint density at radius 3 is 2.94 bits per heavy atom. The van der Waals surface area contributed by atoms with Gasteiger partial charge < -0.3 is 5.32 Å². The van der Waals surface area contributed by atoms with Gasteiger partial charge in [0, 0.05) is 10.9 Å². The van der Waals surface area contributed by atoms with Crippen LogP contribution in [0.1, 0.15) is 49.9 Å². The van der Waals surface area contributed by atoms with Crippen molar-refractivity contribution >= 4 is 22.9 Å². The van der Waals surface area contributed by atoms with Gasteiger partial charge in [0.1, 0.15) is 0 Å². The molecule has 0 amide bonds. The van der Waals surface area contributed by atoms with E-state index < -0.39 is 0 Å². The predicted molar refractivity (Wildman–Crippen MR) is 72.3 cm³/mol. The molecule has 1 aromatic heterocycles. The summed E-state index contributed by atoms with van der Waals surface area (Å²) in [5.41, 5.74) is 0. The molecule has 0 radical (unpaired) electrons. The fourth-order valence-corrected chi connectivity index (χ4v) is 3.31. The first-order valence-corrected chi connectivity index (χ1v) is 7.53. The summed E-state index contributed by atoms with van der Waals surface area (Å²) in [5, 5.41) is 6.65. The number of rotatable bonds is 7. The minimum absolute atomic E-state index is 0.480. The van der Waals surface area contributed by atoms with Crippen LogP contribution in [0.15, 0.2) is 11.4 Å². The van der Waals surface area contributed by atoms with Crippen LogP contribution in [0.3, 0.4) is 0 Å². The van der Waals surface area contributed by atoms with Gasteiger partial charge in [-0.05, 0) is 43.2 Å². The van der Waals surface area contributed by atoms with E-state index in [2.05, 4.69) is 17.6 Å². The van der Waals surface area contributed by atoms with E-state index in [0.29, 0.717) is 6.04 Å². The van der Waals surface area contributed by atoms with E-state index >= 15 is 0 Å². The zero-order chi connectivity index (χ0) is 11.4. The minimum atomic E-state index is 0.480. The van der Waals surface area contributed by atoms with E-state index in [4.69, 9.17) is 11.6 Å². The Morgan fingerprint density at radius 1 is 1.56 bits per heavy atom. The molecule has 3 heteroatoms. The highest BCUT2D eigenvalue weighted by molar-refractivity contribution is 7.10. The van der Waals surface area contributed by atoms with Crippen LogP contribution in [0.25, 0.3) is 0 Å². The third-order valence-corrected chi connectivity index (χ3v) is 4.63. The highest BCUT2D eigenvalue weighted by Gasteiger charge is 2.24. The molecular formula is C13H20ClNS. The summed E-state index contributed by atoms with van der Waals surface area (Å²) in [4.78, 5) is 1.33. The Bertz CT molecular complexity index is 319. The lowest BCUT2D eigenvalue weighted by molar-refractivity contribution is 0.476. The highest BCUT2D eigenvalue weighted by atomic mass is 35.5. The SMILES string of the molecule is CCCNC(CCC1CC1)c1sccc1Cl. The van der Waals surface area contributed by atoms with E-state index in [9.17, 15) is 0 Å². The Balaban J connectivity index is 1.92. The Labute approximate surface area is 107 Å². The molecule has 0 aliphatic heterocycles. The second-order valence-electron chi connectivity index (χ2n) is 4.66. The lowest BCUT2D eigenvalue weighted by Crippen LogP contribution is -2.21. The number of hydrogen-bond donors (Lipinski definition) is 1. The summed E-state index contributed by atoms with van der Waals surface area (Å²) in [5.74, 6) is 1.00. The molecule has 1 atom stereocenters. The largest absolute Gasteiger partial charge is 0.309 e. The topological polar surface area (TPSA) is 12.0 Å². The van der Waals surface area contributed by atoms with Gasteiger partial charge in [-0.2, -0.15) is 0 Å². The zero-order valence-electron chi connectivity index (χ0n) is 9.84. The molecule has 1 aromatic rings. The number of thiophene rings is 1. The molecular weight excluding hydrogens is 238 g/mol. The fourth-order valence-electron chi connectivity index (χ4n) is 2.01. The van der Waals surface area contributed by atoms with E-state index in [1.165, 1.54) is 37.0 Å². The maximum Gasteiger partial charge on any atom is 0.0561 e. The van der Waals surface area contributed by atoms with Crippen molar-refractivity contribution in [3.05, 3.63) is 21.3 Å². The normalized spacial score (nSPS) is 17.6. The van der Waals surface area contributed by atoms with Gasteiger partial charge in [-0.3, -0.25) is 0 Å². The van der Waals surface area contributed by atoms with E-state index in [1.807, 2.05) is 6.07 Å². The van der Waals surface area contributed by atoms with E-state index in [0.717, 1.165) is 17.5 Å². The van der Waals surface area contributed by atoms with Crippen molar-refractivity contribution < 1.29 is 0 Å². The van der Waals surface area contributed by atoms with Crippen molar-refractivity contribution in [3.63, 3.8) is 0 Å². The van der Waals surface area contributed by atoms with Crippen molar-refractivity contribution in [2.75, 3.05) is 6.54 Å². The lowest BCUT2D eigenvalue weighted by atomic mass is 10.1. The summed E-state index contributed by atoms with van der Waals surface area (Å²) in [7, 11) is 0. The maximum absolute atomic E-state index is 6.21. The molecule has 16 heavy (non-hydrogen) atoms. The van der Waals surface area contributed by atoms with Crippen LogP contribution >= 0.6 is 22.9 Å². The second kappa shape index (κ2) is 6.04. The van der Waals surface area contributed by atoms with Gasteiger partial charge in [0.05, 0.1) is 5.02 Å². The van der Waals surface area contributed by atoms with Crippen molar-refractivity contribution in [2.45, 2.75) is 45.1 Å². The quantitative estimate of drug-likeness (QED) is 0.751. The van der Waals surface area contributed by atoms with Crippen LogP contribution in [-0.2, 0) is 0 Å². The third-order valence-electron chi connectivity index (χ3n) is 3.16. The van der Waals surface area contributed by atoms with Gasteiger partial charge in [-0.1, -0.05) is 31.4 Å². The van der Waals surface area contributed by atoms with Gasteiger partial charge in [-0.15, -0.1) is 11.3 Å². The van der Waals surface area contributed by atoms with Crippen LogP contribution in [0.4, 0.5) is 0 Å². The minimum Gasteiger partial charge on any atom is -0.309 e. The summed E-state index contributed by atoms with van der Waals surface area (Å²) < 4.78 is 0. The average molecular weight is 258 g/mol.